The van der Waals surface area contributed by atoms with Crippen molar-refractivity contribution in [1.29, 1.82) is 0 Å². The van der Waals surface area contributed by atoms with Crippen LogP contribution in [0, 0.1) is 6.92 Å². The van der Waals surface area contributed by atoms with Crippen LogP contribution in [0.15, 0.2) is 34.9 Å². The normalized spacial score (nSPS) is 10.4. The third-order valence-corrected chi connectivity index (χ3v) is 3.42. The summed E-state index contributed by atoms with van der Waals surface area (Å²) in [5.41, 5.74) is 2.98. The quantitative estimate of drug-likeness (QED) is 0.832. The predicted octanol–water partition coefficient (Wildman–Crippen LogP) is 2.84. The van der Waals surface area contributed by atoms with E-state index in [-0.39, 0.29) is 5.91 Å². The molecule has 0 aliphatic rings. The molecular formula is C14H16BrN3O. The fourth-order valence-corrected chi connectivity index (χ4v) is 2.24. The lowest BCUT2D eigenvalue weighted by molar-refractivity contribution is 0.0953. The summed E-state index contributed by atoms with van der Waals surface area (Å²) < 4.78 is 0.911. The summed E-state index contributed by atoms with van der Waals surface area (Å²) in [5.74, 6) is -0.0368. The molecule has 2 aromatic rings. The Balaban J connectivity index is 1.77. The van der Waals surface area contributed by atoms with Crippen molar-refractivity contribution in [3.63, 3.8) is 0 Å². The molecule has 100 valence electrons. The van der Waals surface area contributed by atoms with Crippen molar-refractivity contribution in [3.8, 4) is 0 Å². The van der Waals surface area contributed by atoms with Crippen LogP contribution in [0.3, 0.4) is 0 Å². The van der Waals surface area contributed by atoms with E-state index in [0.29, 0.717) is 12.1 Å². The average Bonchev–Trinajstić information content (AvgIpc) is 2.80. The molecule has 0 unspecified atom stereocenters. The molecule has 19 heavy (non-hydrogen) atoms. The molecule has 1 aromatic carbocycles. The van der Waals surface area contributed by atoms with Crippen molar-refractivity contribution >= 4 is 21.8 Å². The molecule has 1 aromatic heterocycles. The van der Waals surface area contributed by atoms with Crippen LogP contribution in [0.25, 0.3) is 0 Å². The van der Waals surface area contributed by atoms with Crippen LogP contribution >= 0.6 is 15.9 Å². The summed E-state index contributed by atoms with van der Waals surface area (Å²) in [5, 5.41) is 9.80. The summed E-state index contributed by atoms with van der Waals surface area (Å²) in [4.78, 5) is 11.9. The van der Waals surface area contributed by atoms with E-state index >= 15 is 0 Å². The number of aryl methyl sites for hydroxylation is 2. The van der Waals surface area contributed by atoms with Crippen LogP contribution in [0.1, 0.15) is 28.0 Å². The number of hydrogen-bond acceptors (Lipinski definition) is 2. The van der Waals surface area contributed by atoms with Crippen molar-refractivity contribution in [1.82, 2.24) is 15.5 Å². The van der Waals surface area contributed by atoms with E-state index in [2.05, 4.69) is 31.4 Å². The third kappa shape index (κ3) is 3.92. The number of nitrogens with one attached hydrogen (secondary N) is 2. The van der Waals surface area contributed by atoms with Gasteiger partial charge in [0, 0.05) is 22.3 Å². The minimum absolute atomic E-state index is 0.0368. The van der Waals surface area contributed by atoms with Gasteiger partial charge in [-0.1, -0.05) is 22.0 Å². The molecule has 2 N–H and O–H groups in total. The van der Waals surface area contributed by atoms with Gasteiger partial charge in [-0.3, -0.25) is 9.89 Å². The monoisotopic (exact) mass is 321 g/mol. The first-order chi connectivity index (χ1) is 9.16. The topological polar surface area (TPSA) is 57.8 Å². The molecule has 0 bridgehead atoms. The molecule has 0 aliphatic heterocycles. The number of H-pyrrole nitrogens is 1. The summed E-state index contributed by atoms with van der Waals surface area (Å²) >= 11 is 3.36. The van der Waals surface area contributed by atoms with E-state index in [1.54, 1.807) is 6.07 Å². The third-order valence-electron chi connectivity index (χ3n) is 2.93. The SMILES string of the molecule is Cc1[nH]ncc1CCCNC(=O)c1cccc(Br)c1. The van der Waals surface area contributed by atoms with E-state index in [1.165, 1.54) is 5.56 Å². The van der Waals surface area contributed by atoms with E-state index in [1.807, 2.05) is 31.3 Å². The molecule has 0 saturated carbocycles. The largest absolute Gasteiger partial charge is 0.352 e. The van der Waals surface area contributed by atoms with E-state index < -0.39 is 0 Å². The van der Waals surface area contributed by atoms with Crippen molar-refractivity contribution in [2.24, 2.45) is 0 Å². The number of rotatable bonds is 5. The Morgan fingerprint density at radius 3 is 3.00 bits per heavy atom. The van der Waals surface area contributed by atoms with Crippen LogP contribution in [0.2, 0.25) is 0 Å². The lowest BCUT2D eigenvalue weighted by Gasteiger charge is -2.05. The van der Waals surface area contributed by atoms with Crippen LogP contribution in [0.4, 0.5) is 0 Å². The maximum Gasteiger partial charge on any atom is 0.251 e. The standard InChI is InChI=1S/C14H16BrN3O/c1-10-12(9-17-18-10)5-3-7-16-14(19)11-4-2-6-13(15)8-11/h2,4,6,8-9H,3,5,7H2,1H3,(H,16,19)(H,17,18). The van der Waals surface area contributed by atoms with Crippen molar-refractivity contribution in [3.05, 3.63) is 51.8 Å². The Hall–Kier alpha value is -1.62. The Kier molecular flexibility index (Phi) is 4.74. The van der Waals surface area contributed by atoms with Gasteiger partial charge in [0.15, 0.2) is 0 Å². The Morgan fingerprint density at radius 2 is 2.32 bits per heavy atom. The fraction of sp³-hybridized carbons (Fsp3) is 0.286. The van der Waals surface area contributed by atoms with Gasteiger partial charge in [-0.25, -0.2) is 0 Å². The summed E-state index contributed by atoms with van der Waals surface area (Å²) in [7, 11) is 0. The number of nitrogens with zero attached hydrogens (tertiary/aromatic N) is 1. The van der Waals surface area contributed by atoms with E-state index in [4.69, 9.17) is 0 Å². The van der Waals surface area contributed by atoms with Crippen LogP contribution < -0.4 is 5.32 Å². The Morgan fingerprint density at radius 1 is 1.47 bits per heavy atom. The maximum absolute atomic E-state index is 11.9. The summed E-state index contributed by atoms with van der Waals surface area (Å²) in [6.45, 7) is 2.67. The van der Waals surface area contributed by atoms with Crippen LogP contribution in [-0.2, 0) is 6.42 Å². The van der Waals surface area contributed by atoms with E-state index in [9.17, 15) is 4.79 Å². The number of halogens is 1. The molecule has 5 heteroatoms. The highest BCUT2D eigenvalue weighted by Crippen LogP contribution is 2.11. The molecule has 0 saturated heterocycles. The molecule has 1 amide bonds. The highest BCUT2D eigenvalue weighted by Gasteiger charge is 2.05. The van der Waals surface area contributed by atoms with Gasteiger partial charge in [0.2, 0.25) is 0 Å². The smallest absolute Gasteiger partial charge is 0.251 e. The van der Waals surface area contributed by atoms with Gasteiger partial charge < -0.3 is 5.32 Å². The minimum atomic E-state index is -0.0368. The first-order valence-corrected chi connectivity index (χ1v) is 6.99. The van der Waals surface area contributed by atoms with Crippen LogP contribution in [0.5, 0.6) is 0 Å². The maximum atomic E-state index is 11.9. The first-order valence-electron chi connectivity index (χ1n) is 6.19. The molecule has 0 atom stereocenters. The molecule has 0 radical (unpaired) electrons. The number of amides is 1. The first kappa shape index (κ1) is 13.8. The van der Waals surface area contributed by atoms with E-state index in [0.717, 1.165) is 23.0 Å². The Labute approximate surface area is 120 Å². The van der Waals surface area contributed by atoms with Crippen LogP contribution in [-0.4, -0.2) is 22.6 Å². The number of aromatic nitrogens is 2. The van der Waals surface area contributed by atoms with Gasteiger partial charge in [-0.2, -0.15) is 5.10 Å². The second-order valence-corrected chi connectivity index (χ2v) is 5.31. The number of carbonyl (C=O) groups is 1. The zero-order chi connectivity index (χ0) is 13.7. The lowest BCUT2D eigenvalue weighted by Crippen LogP contribution is -2.24. The molecule has 0 fully saturated rings. The highest BCUT2D eigenvalue weighted by molar-refractivity contribution is 9.10. The fourth-order valence-electron chi connectivity index (χ4n) is 1.84. The molecule has 1 heterocycles. The number of carbonyl (C=O) groups excluding carboxylic acids is 1. The van der Waals surface area contributed by atoms with Gasteiger partial charge in [0.1, 0.15) is 0 Å². The lowest BCUT2D eigenvalue weighted by atomic mass is 10.1. The number of hydrogen-bond donors (Lipinski definition) is 2. The average molecular weight is 322 g/mol. The second-order valence-electron chi connectivity index (χ2n) is 4.39. The molecular weight excluding hydrogens is 306 g/mol. The molecule has 4 nitrogen and oxygen atoms in total. The van der Waals surface area contributed by atoms with Gasteiger partial charge >= 0.3 is 0 Å². The zero-order valence-corrected chi connectivity index (χ0v) is 12.3. The summed E-state index contributed by atoms with van der Waals surface area (Å²) in [6.07, 6.45) is 3.66. The summed E-state index contributed by atoms with van der Waals surface area (Å²) in [6, 6.07) is 7.38. The highest BCUT2D eigenvalue weighted by atomic mass is 79.9. The van der Waals surface area contributed by atoms with Gasteiger partial charge in [-0.05, 0) is 43.5 Å². The van der Waals surface area contributed by atoms with Crippen molar-refractivity contribution in [2.75, 3.05) is 6.54 Å². The van der Waals surface area contributed by atoms with Gasteiger partial charge in [0.05, 0.1) is 6.20 Å². The van der Waals surface area contributed by atoms with Crippen molar-refractivity contribution in [2.45, 2.75) is 19.8 Å². The molecule has 0 spiro atoms. The molecule has 0 aliphatic carbocycles. The number of aromatic amines is 1. The van der Waals surface area contributed by atoms with Crippen molar-refractivity contribution < 1.29 is 4.79 Å². The minimum Gasteiger partial charge on any atom is -0.352 e. The van der Waals surface area contributed by atoms with Gasteiger partial charge in [0.25, 0.3) is 5.91 Å². The molecule has 2 rings (SSSR count). The Bertz CT molecular complexity index is 565. The van der Waals surface area contributed by atoms with Gasteiger partial charge in [-0.15, -0.1) is 0 Å². The second kappa shape index (κ2) is 6.52. The predicted molar refractivity (Wildman–Crippen MR) is 78.1 cm³/mol. The number of benzene rings is 1. The zero-order valence-electron chi connectivity index (χ0n) is 10.7.